The van der Waals surface area contributed by atoms with Gasteiger partial charge in [0.15, 0.2) is 0 Å². The fourth-order valence-electron chi connectivity index (χ4n) is 2.51. The second kappa shape index (κ2) is 6.09. The van der Waals surface area contributed by atoms with Gasteiger partial charge in [-0.1, -0.05) is 35.9 Å². The average Bonchev–Trinajstić information content (AvgIpc) is 2.76. The summed E-state index contributed by atoms with van der Waals surface area (Å²) >= 11 is 6.05. The van der Waals surface area contributed by atoms with E-state index >= 15 is 0 Å². The van der Waals surface area contributed by atoms with Gasteiger partial charge in [-0.2, -0.15) is 0 Å². The molecule has 0 atom stereocenters. The van der Waals surface area contributed by atoms with Crippen molar-refractivity contribution in [3.8, 4) is 0 Å². The molecule has 24 heavy (non-hydrogen) atoms. The van der Waals surface area contributed by atoms with Crippen LogP contribution in [0.5, 0.6) is 0 Å². The first-order valence-electron chi connectivity index (χ1n) is 7.28. The molecule has 0 aromatic heterocycles. The normalized spacial score (nSPS) is 14.6. The molecule has 1 N–H and O–H groups in total. The summed E-state index contributed by atoms with van der Waals surface area (Å²) < 4.78 is 13.8. The van der Waals surface area contributed by atoms with Crippen molar-refractivity contribution >= 4 is 34.8 Å². The minimum absolute atomic E-state index is 0.0783. The van der Waals surface area contributed by atoms with Gasteiger partial charge in [-0.15, -0.1) is 0 Å². The summed E-state index contributed by atoms with van der Waals surface area (Å²) in [5.74, 6) is -1.78. The number of nitrogens with zero attached hydrogens (tertiary/aromatic N) is 1. The van der Waals surface area contributed by atoms with E-state index in [9.17, 15) is 14.0 Å². The zero-order valence-electron chi connectivity index (χ0n) is 13.1. The summed E-state index contributed by atoms with van der Waals surface area (Å²) in [6.07, 6.45) is 0. The van der Waals surface area contributed by atoms with Crippen molar-refractivity contribution < 1.29 is 14.0 Å². The Morgan fingerprint density at radius 2 is 1.71 bits per heavy atom. The molecular weight excluding hydrogens is 331 g/mol. The van der Waals surface area contributed by atoms with Crippen molar-refractivity contribution in [2.45, 2.75) is 13.8 Å². The SMILES string of the molecule is Cc1cccc(N2C(=O)C(Cl)=C(Nc3ccccc3F)C2=O)c1C. The van der Waals surface area contributed by atoms with Crippen molar-refractivity contribution in [2.75, 3.05) is 10.2 Å². The smallest absolute Gasteiger partial charge is 0.283 e. The standard InChI is InChI=1S/C18H14ClFN2O2/c1-10-6-5-9-14(11(10)2)22-17(23)15(19)16(18(22)24)21-13-8-4-3-7-12(13)20/h3-9,21H,1-2H3. The van der Waals surface area contributed by atoms with E-state index in [1.165, 1.54) is 18.2 Å². The highest BCUT2D eigenvalue weighted by Gasteiger charge is 2.39. The minimum atomic E-state index is -0.630. The Hall–Kier alpha value is -2.66. The van der Waals surface area contributed by atoms with Crippen LogP contribution in [0.4, 0.5) is 15.8 Å². The molecule has 0 bridgehead atoms. The van der Waals surface area contributed by atoms with Crippen LogP contribution in [0, 0.1) is 19.7 Å². The van der Waals surface area contributed by atoms with Crippen LogP contribution in [0.1, 0.15) is 11.1 Å². The predicted molar refractivity (Wildman–Crippen MR) is 91.3 cm³/mol. The lowest BCUT2D eigenvalue weighted by atomic mass is 10.1. The largest absolute Gasteiger partial charge is 0.347 e. The summed E-state index contributed by atoms with van der Waals surface area (Å²) in [6.45, 7) is 3.71. The van der Waals surface area contributed by atoms with E-state index < -0.39 is 17.6 Å². The number of para-hydroxylation sites is 1. The molecule has 0 spiro atoms. The molecule has 0 unspecified atom stereocenters. The Balaban J connectivity index is 1.99. The molecule has 0 saturated heterocycles. The molecule has 4 nitrogen and oxygen atoms in total. The van der Waals surface area contributed by atoms with Crippen molar-refractivity contribution in [3.05, 3.63) is 70.1 Å². The number of benzene rings is 2. The van der Waals surface area contributed by atoms with Crippen molar-refractivity contribution in [3.63, 3.8) is 0 Å². The molecule has 122 valence electrons. The number of amides is 2. The zero-order chi connectivity index (χ0) is 17.4. The lowest BCUT2D eigenvalue weighted by Crippen LogP contribution is -2.33. The molecule has 0 radical (unpaired) electrons. The molecule has 1 heterocycles. The van der Waals surface area contributed by atoms with Gasteiger partial charge in [0.25, 0.3) is 11.8 Å². The zero-order valence-corrected chi connectivity index (χ0v) is 13.8. The molecule has 2 aromatic rings. The van der Waals surface area contributed by atoms with E-state index in [1.807, 2.05) is 19.9 Å². The average molecular weight is 345 g/mol. The predicted octanol–water partition coefficient (Wildman–Crippen LogP) is 3.88. The van der Waals surface area contributed by atoms with Crippen molar-refractivity contribution in [2.24, 2.45) is 0 Å². The molecule has 0 fully saturated rings. The Morgan fingerprint density at radius 1 is 1.00 bits per heavy atom. The highest BCUT2D eigenvalue weighted by molar-refractivity contribution is 6.53. The van der Waals surface area contributed by atoms with Gasteiger partial charge >= 0.3 is 0 Å². The molecule has 0 saturated carbocycles. The van der Waals surface area contributed by atoms with E-state index in [-0.39, 0.29) is 16.4 Å². The van der Waals surface area contributed by atoms with Crippen LogP contribution in [-0.4, -0.2) is 11.8 Å². The quantitative estimate of drug-likeness (QED) is 0.860. The van der Waals surface area contributed by atoms with Crippen LogP contribution in [-0.2, 0) is 9.59 Å². The highest BCUT2D eigenvalue weighted by atomic mass is 35.5. The topological polar surface area (TPSA) is 49.4 Å². The number of hydrogen-bond donors (Lipinski definition) is 1. The van der Waals surface area contributed by atoms with E-state index in [4.69, 9.17) is 11.6 Å². The number of anilines is 2. The second-order valence-electron chi connectivity index (χ2n) is 5.46. The Kier molecular flexibility index (Phi) is 4.11. The summed E-state index contributed by atoms with van der Waals surface area (Å²) in [7, 11) is 0. The summed E-state index contributed by atoms with van der Waals surface area (Å²) in [5, 5.41) is 2.37. The number of aryl methyl sites for hydroxylation is 1. The molecular formula is C18H14ClFN2O2. The third-order valence-corrected chi connectivity index (χ3v) is 4.33. The van der Waals surface area contributed by atoms with Gasteiger partial charge in [0.05, 0.1) is 11.4 Å². The number of carbonyl (C=O) groups excluding carboxylic acids is 2. The third-order valence-electron chi connectivity index (χ3n) is 3.98. The maximum atomic E-state index is 13.8. The van der Waals surface area contributed by atoms with Gasteiger partial charge in [0, 0.05) is 0 Å². The van der Waals surface area contributed by atoms with Crippen LogP contribution in [0.25, 0.3) is 0 Å². The minimum Gasteiger partial charge on any atom is -0.347 e. The fraction of sp³-hybridized carbons (Fsp3) is 0.111. The van der Waals surface area contributed by atoms with Crippen LogP contribution in [0.15, 0.2) is 53.2 Å². The first-order chi connectivity index (χ1) is 11.4. The van der Waals surface area contributed by atoms with Crippen molar-refractivity contribution in [1.82, 2.24) is 0 Å². The van der Waals surface area contributed by atoms with E-state index in [2.05, 4.69) is 5.32 Å². The van der Waals surface area contributed by atoms with Gasteiger partial charge in [-0.25, -0.2) is 9.29 Å². The lowest BCUT2D eigenvalue weighted by molar-refractivity contribution is -0.120. The van der Waals surface area contributed by atoms with Crippen LogP contribution < -0.4 is 10.2 Å². The molecule has 2 amide bonds. The number of nitrogens with one attached hydrogen (secondary N) is 1. The number of hydrogen-bond acceptors (Lipinski definition) is 3. The van der Waals surface area contributed by atoms with Gasteiger partial charge in [-0.3, -0.25) is 9.59 Å². The first kappa shape index (κ1) is 16.2. The second-order valence-corrected chi connectivity index (χ2v) is 5.84. The van der Waals surface area contributed by atoms with Gasteiger partial charge in [0.1, 0.15) is 16.5 Å². The van der Waals surface area contributed by atoms with Crippen LogP contribution in [0.2, 0.25) is 0 Å². The Labute approximate surface area is 143 Å². The number of carbonyl (C=O) groups is 2. The Bertz CT molecular complexity index is 892. The Morgan fingerprint density at radius 3 is 2.42 bits per heavy atom. The van der Waals surface area contributed by atoms with E-state index in [1.54, 1.807) is 18.2 Å². The summed E-state index contributed by atoms with van der Waals surface area (Å²) in [5.41, 5.74) is 2.16. The monoisotopic (exact) mass is 344 g/mol. The van der Waals surface area contributed by atoms with Gasteiger partial charge < -0.3 is 5.32 Å². The van der Waals surface area contributed by atoms with Gasteiger partial charge in [-0.05, 0) is 43.2 Å². The van der Waals surface area contributed by atoms with Crippen LogP contribution in [0.3, 0.4) is 0 Å². The highest BCUT2D eigenvalue weighted by Crippen LogP contribution is 2.33. The lowest BCUT2D eigenvalue weighted by Gasteiger charge is -2.18. The third kappa shape index (κ3) is 2.57. The number of rotatable bonds is 3. The molecule has 1 aliphatic heterocycles. The van der Waals surface area contributed by atoms with Gasteiger partial charge in [0.2, 0.25) is 0 Å². The van der Waals surface area contributed by atoms with E-state index in [0.29, 0.717) is 5.69 Å². The molecule has 2 aromatic carbocycles. The maximum Gasteiger partial charge on any atom is 0.283 e. The first-order valence-corrected chi connectivity index (χ1v) is 7.66. The number of imide groups is 1. The summed E-state index contributed by atoms with van der Waals surface area (Å²) in [4.78, 5) is 26.1. The molecule has 3 rings (SSSR count). The molecule has 6 heteroatoms. The van der Waals surface area contributed by atoms with Crippen molar-refractivity contribution in [1.29, 1.82) is 0 Å². The molecule has 0 aliphatic carbocycles. The maximum absolute atomic E-state index is 13.8. The van der Waals surface area contributed by atoms with E-state index in [0.717, 1.165) is 16.0 Å². The summed E-state index contributed by atoms with van der Waals surface area (Å²) in [6, 6.07) is 11.2. The van der Waals surface area contributed by atoms with Crippen LogP contribution >= 0.6 is 11.6 Å². The number of halogens is 2. The fourth-order valence-corrected chi connectivity index (χ4v) is 2.72. The molecule has 1 aliphatic rings.